The van der Waals surface area contributed by atoms with Crippen LogP contribution in [0.25, 0.3) is 0 Å². The lowest BCUT2D eigenvalue weighted by Gasteiger charge is -2.25. The number of aliphatic imine (C=N–C) groups is 1. The maximum Gasteiger partial charge on any atom is 0.191 e. The zero-order valence-electron chi connectivity index (χ0n) is 12.6. The van der Waals surface area contributed by atoms with Crippen LogP contribution in [0.1, 0.15) is 71.1 Å². The van der Waals surface area contributed by atoms with Gasteiger partial charge in [0.05, 0.1) is 6.04 Å². The Hall–Kier alpha value is -0.730. The van der Waals surface area contributed by atoms with E-state index in [0.717, 1.165) is 25.0 Å². The fraction of sp³-hybridized carbons (Fsp3) is 0.938. The molecule has 0 bridgehead atoms. The van der Waals surface area contributed by atoms with Crippen molar-refractivity contribution in [2.45, 2.75) is 77.2 Å². The average Bonchev–Trinajstić information content (AvgIpc) is 2.66. The summed E-state index contributed by atoms with van der Waals surface area (Å²) in [6.45, 7) is 4.52. The molecule has 19 heavy (non-hydrogen) atoms. The summed E-state index contributed by atoms with van der Waals surface area (Å²) in [6, 6.07) is 0.503. The van der Waals surface area contributed by atoms with E-state index in [1.807, 2.05) is 0 Å². The molecule has 1 saturated carbocycles. The van der Waals surface area contributed by atoms with Crippen LogP contribution in [0.15, 0.2) is 4.99 Å². The van der Waals surface area contributed by atoms with Crippen LogP contribution < -0.4 is 5.73 Å². The Labute approximate surface area is 118 Å². The topological polar surface area (TPSA) is 41.6 Å². The molecule has 110 valence electrons. The van der Waals surface area contributed by atoms with Crippen molar-refractivity contribution >= 4 is 5.96 Å². The quantitative estimate of drug-likeness (QED) is 0.626. The molecular weight excluding hydrogens is 234 g/mol. The van der Waals surface area contributed by atoms with Crippen LogP contribution in [0.4, 0.5) is 0 Å². The van der Waals surface area contributed by atoms with Crippen LogP contribution in [0, 0.1) is 5.92 Å². The number of hydrogen-bond donors (Lipinski definition) is 1. The second-order valence-electron chi connectivity index (χ2n) is 6.35. The number of nitrogens with zero attached hydrogens (tertiary/aromatic N) is 2. The van der Waals surface area contributed by atoms with E-state index in [-0.39, 0.29) is 0 Å². The summed E-state index contributed by atoms with van der Waals surface area (Å²) in [6.07, 6.45) is 13.2. The highest BCUT2D eigenvalue weighted by Crippen LogP contribution is 2.23. The van der Waals surface area contributed by atoms with Crippen molar-refractivity contribution in [1.82, 2.24) is 4.90 Å². The Morgan fingerprint density at radius 1 is 1.05 bits per heavy atom. The van der Waals surface area contributed by atoms with E-state index in [1.54, 1.807) is 0 Å². The van der Waals surface area contributed by atoms with Crippen molar-refractivity contribution in [3.63, 3.8) is 0 Å². The Balaban J connectivity index is 1.84. The normalized spacial score (nSPS) is 27.3. The van der Waals surface area contributed by atoms with E-state index in [0.29, 0.717) is 6.04 Å². The largest absolute Gasteiger partial charge is 0.370 e. The van der Waals surface area contributed by atoms with E-state index in [1.165, 1.54) is 64.2 Å². The SMILES string of the molecule is CCCC1CCCN(C(N)=NC2CCCCC2)CC1. The maximum atomic E-state index is 6.24. The summed E-state index contributed by atoms with van der Waals surface area (Å²) in [5, 5.41) is 0. The van der Waals surface area contributed by atoms with Gasteiger partial charge in [0.25, 0.3) is 0 Å². The first-order valence-electron chi connectivity index (χ1n) is 8.37. The van der Waals surface area contributed by atoms with Gasteiger partial charge in [-0.1, -0.05) is 39.0 Å². The minimum Gasteiger partial charge on any atom is -0.370 e. The molecule has 1 heterocycles. The van der Waals surface area contributed by atoms with Crippen LogP contribution in [-0.4, -0.2) is 30.0 Å². The number of guanidine groups is 1. The van der Waals surface area contributed by atoms with Crippen LogP contribution in [-0.2, 0) is 0 Å². The number of likely N-dealkylation sites (tertiary alicyclic amines) is 1. The molecule has 0 radical (unpaired) electrons. The molecular formula is C16H31N3. The molecule has 3 nitrogen and oxygen atoms in total. The fourth-order valence-electron chi connectivity index (χ4n) is 3.57. The molecule has 0 spiro atoms. The lowest BCUT2D eigenvalue weighted by molar-refractivity contribution is 0.390. The van der Waals surface area contributed by atoms with E-state index in [4.69, 9.17) is 10.7 Å². The summed E-state index contributed by atoms with van der Waals surface area (Å²) >= 11 is 0. The molecule has 2 rings (SSSR count). The second-order valence-corrected chi connectivity index (χ2v) is 6.35. The first-order chi connectivity index (χ1) is 9.29. The standard InChI is InChI=1S/C16H31N3/c1-2-7-14-8-6-12-19(13-11-14)16(17)18-15-9-4-3-5-10-15/h14-15H,2-13H2,1H3,(H2,17,18). The van der Waals surface area contributed by atoms with Gasteiger partial charge in [-0.25, -0.2) is 4.99 Å². The van der Waals surface area contributed by atoms with Gasteiger partial charge in [0.2, 0.25) is 0 Å². The highest BCUT2D eigenvalue weighted by molar-refractivity contribution is 5.78. The van der Waals surface area contributed by atoms with Crippen molar-refractivity contribution in [3.8, 4) is 0 Å². The van der Waals surface area contributed by atoms with Gasteiger partial charge in [-0.2, -0.15) is 0 Å². The molecule has 1 aliphatic heterocycles. The van der Waals surface area contributed by atoms with Gasteiger partial charge in [0, 0.05) is 13.1 Å². The average molecular weight is 265 g/mol. The van der Waals surface area contributed by atoms with Crippen LogP contribution in [0.3, 0.4) is 0 Å². The first-order valence-corrected chi connectivity index (χ1v) is 8.37. The molecule has 0 aromatic heterocycles. The highest BCUT2D eigenvalue weighted by Gasteiger charge is 2.19. The van der Waals surface area contributed by atoms with E-state index in [9.17, 15) is 0 Å². The predicted molar refractivity (Wildman–Crippen MR) is 82.3 cm³/mol. The summed E-state index contributed by atoms with van der Waals surface area (Å²) in [4.78, 5) is 7.13. The monoisotopic (exact) mass is 265 g/mol. The van der Waals surface area contributed by atoms with Crippen LogP contribution in [0.5, 0.6) is 0 Å². The molecule has 0 amide bonds. The number of hydrogen-bond acceptors (Lipinski definition) is 1. The minimum atomic E-state index is 0.503. The Morgan fingerprint density at radius 3 is 2.58 bits per heavy atom. The first kappa shape index (κ1) is 14.7. The minimum absolute atomic E-state index is 0.503. The van der Waals surface area contributed by atoms with Crippen molar-refractivity contribution < 1.29 is 0 Å². The zero-order valence-corrected chi connectivity index (χ0v) is 12.6. The molecule has 1 unspecified atom stereocenters. The van der Waals surface area contributed by atoms with E-state index < -0.39 is 0 Å². The summed E-state index contributed by atoms with van der Waals surface area (Å²) in [5.41, 5.74) is 6.24. The van der Waals surface area contributed by atoms with Gasteiger partial charge >= 0.3 is 0 Å². The van der Waals surface area contributed by atoms with Crippen LogP contribution >= 0.6 is 0 Å². The molecule has 1 saturated heterocycles. The van der Waals surface area contributed by atoms with Crippen molar-refractivity contribution in [2.75, 3.05) is 13.1 Å². The molecule has 1 aliphatic carbocycles. The summed E-state index contributed by atoms with van der Waals surface area (Å²) < 4.78 is 0. The van der Waals surface area contributed by atoms with Gasteiger partial charge in [0.15, 0.2) is 5.96 Å². The summed E-state index contributed by atoms with van der Waals surface area (Å²) in [7, 11) is 0. The van der Waals surface area contributed by atoms with Crippen molar-refractivity contribution in [1.29, 1.82) is 0 Å². The smallest absolute Gasteiger partial charge is 0.191 e. The van der Waals surface area contributed by atoms with Crippen molar-refractivity contribution in [2.24, 2.45) is 16.6 Å². The van der Waals surface area contributed by atoms with Gasteiger partial charge in [-0.05, 0) is 38.0 Å². The molecule has 2 N–H and O–H groups in total. The Morgan fingerprint density at radius 2 is 1.84 bits per heavy atom. The Kier molecular flexibility index (Phi) is 5.99. The maximum absolute atomic E-state index is 6.24. The van der Waals surface area contributed by atoms with Crippen molar-refractivity contribution in [3.05, 3.63) is 0 Å². The lowest BCUT2D eigenvalue weighted by atomic mass is 9.96. The fourth-order valence-corrected chi connectivity index (χ4v) is 3.57. The number of nitrogens with two attached hydrogens (primary N) is 1. The number of rotatable bonds is 3. The molecule has 0 aromatic rings. The second kappa shape index (κ2) is 7.76. The molecule has 2 fully saturated rings. The molecule has 3 heteroatoms. The lowest BCUT2D eigenvalue weighted by Crippen LogP contribution is -2.39. The third-order valence-electron chi connectivity index (χ3n) is 4.76. The molecule has 0 aromatic carbocycles. The van der Waals surface area contributed by atoms with E-state index in [2.05, 4.69) is 11.8 Å². The van der Waals surface area contributed by atoms with Gasteiger partial charge < -0.3 is 10.6 Å². The highest BCUT2D eigenvalue weighted by atomic mass is 15.3. The third kappa shape index (κ3) is 4.70. The van der Waals surface area contributed by atoms with Gasteiger partial charge in [0.1, 0.15) is 0 Å². The molecule has 1 atom stereocenters. The van der Waals surface area contributed by atoms with Gasteiger partial charge in [-0.15, -0.1) is 0 Å². The van der Waals surface area contributed by atoms with Gasteiger partial charge in [-0.3, -0.25) is 0 Å². The zero-order chi connectivity index (χ0) is 13.5. The Bertz CT molecular complexity index is 282. The van der Waals surface area contributed by atoms with Crippen LogP contribution in [0.2, 0.25) is 0 Å². The van der Waals surface area contributed by atoms with E-state index >= 15 is 0 Å². The molecule has 2 aliphatic rings. The predicted octanol–water partition coefficient (Wildman–Crippen LogP) is 3.54. The summed E-state index contributed by atoms with van der Waals surface area (Å²) in [5.74, 6) is 1.74. The third-order valence-corrected chi connectivity index (χ3v) is 4.76.